The van der Waals surface area contributed by atoms with Crippen molar-refractivity contribution < 1.29 is 30.9 Å². The van der Waals surface area contributed by atoms with Crippen LogP contribution in [-0.4, -0.2) is 36.9 Å². The highest BCUT2D eigenvalue weighted by atomic mass is 32.2. The summed E-state index contributed by atoms with van der Waals surface area (Å²) in [6, 6.07) is -0.220. The molecule has 7 nitrogen and oxygen atoms in total. The minimum Gasteiger partial charge on any atom is -0.315 e. The normalized spacial score (nSPS) is 22.3. The summed E-state index contributed by atoms with van der Waals surface area (Å²) in [5, 5.41) is 5.77. The van der Waals surface area contributed by atoms with E-state index in [9.17, 15) is 26.4 Å². The molecule has 0 aliphatic heterocycles. The standard InChI is InChI=1S/C13H18F3N3O4S/c1-24(21,22)7-10-17-12(23-19-10)18-11(20)6-8-2-4-9(5-3-8)13(14,15)16/h8-9H,2-7H2,1H3,(H,17,18,19,20). The first-order chi connectivity index (χ1) is 11.0. The lowest BCUT2D eigenvalue weighted by molar-refractivity contribution is -0.183. The average molecular weight is 369 g/mol. The van der Waals surface area contributed by atoms with Crippen molar-refractivity contribution in [3.8, 4) is 0 Å². The van der Waals surface area contributed by atoms with E-state index in [4.69, 9.17) is 4.52 Å². The molecule has 1 aliphatic rings. The maximum atomic E-state index is 12.6. The monoisotopic (exact) mass is 369 g/mol. The third kappa shape index (κ3) is 5.77. The van der Waals surface area contributed by atoms with Crippen LogP contribution in [0.15, 0.2) is 4.52 Å². The Morgan fingerprint density at radius 1 is 1.29 bits per heavy atom. The zero-order valence-corrected chi connectivity index (χ0v) is 13.8. The highest BCUT2D eigenvalue weighted by molar-refractivity contribution is 7.89. The molecule has 0 saturated heterocycles. The SMILES string of the molecule is CS(=O)(=O)Cc1noc(NC(=O)CC2CCC(C(F)(F)F)CC2)n1. The number of nitrogens with one attached hydrogen (secondary N) is 1. The first kappa shape index (κ1) is 18.7. The second-order valence-corrected chi connectivity index (χ2v) is 8.24. The van der Waals surface area contributed by atoms with Crippen LogP contribution in [0.1, 0.15) is 37.9 Å². The lowest BCUT2D eigenvalue weighted by atomic mass is 9.80. The maximum Gasteiger partial charge on any atom is 0.391 e. The van der Waals surface area contributed by atoms with Gasteiger partial charge in [-0.15, -0.1) is 0 Å². The molecule has 0 bridgehead atoms. The Hall–Kier alpha value is -1.65. The van der Waals surface area contributed by atoms with Gasteiger partial charge in [0.25, 0.3) is 0 Å². The Kier molecular flexibility index (Phi) is 5.51. The van der Waals surface area contributed by atoms with Crippen molar-refractivity contribution in [1.29, 1.82) is 0 Å². The third-order valence-corrected chi connectivity index (χ3v) is 4.67. The van der Waals surface area contributed by atoms with Gasteiger partial charge in [0.15, 0.2) is 15.7 Å². The number of amides is 1. The van der Waals surface area contributed by atoms with Gasteiger partial charge in [0, 0.05) is 12.7 Å². The van der Waals surface area contributed by atoms with Gasteiger partial charge in [0.2, 0.25) is 5.91 Å². The van der Waals surface area contributed by atoms with Gasteiger partial charge in [-0.25, -0.2) is 8.42 Å². The third-order valence-electron chi connectivity index (χ3n) is 3.89. The first-order valence-corrected chi connectivity index (χ1v) is 9.46. The summed E-state index contributed by atoms with van der Waals surface area (Å²) in [6.07, 6.45) is -2.37. The van der Waals surface area contributed by atoms with Crippen molar-refractivity contribution in [3.63, 3.8) is 0 Å². The molecule has 136 valence electrons. The number of sulfone groups is 1. The van der Waals surface area contributed by atoms with Crippen LogP contribution in [0.5, 0.6) is 0 Å². The summed E-state index contributed by atoms with van der Waals surface area (Å²) < 4.78 is 64.7. The van der Waals surface area contributed by atoms with Crippen LogP contribution in [0.3, 0.4) is 0 Å². The molecule has 0 spiro atoms. The Bertz CT molecular complexity index is 679. The fraction of sp³-hybridized carbons (Fsp3) is 0.769. The van der Waals surface area contributed by atoms with Crippen LogP contribution < -0.4 is 5.32 Å². The molecule has 0 radical (unpaired) electrons. The van der Waals surface area contributed by atoms with E-state index >= 15 is 0 Å². The van der Waals surface area contributed by atoms with Gasteiger partial charge < -0.3 is 4.52 Å². The fourth-order valence-corrected chi connectivity index (χ4v) is 3.31. The molecule has 1 amide bonds. The molecule has 24 heavy (non-hydrogen) atoms. The van der Waals surface area contributed by atoms with E-state index < -0.39 is 33.6 Å². The second-order valence-electron chi connectivity index (χ2n) is 6.10. The number of halogens is 3. The summed E-state index contributed by atoms with van der Waals surface area (Å²) in [5.41, 5.74) is 0. The van der Waals surface area contributed by atoms with Gasteiger partial charge in [-0.2, -0.15) is 18.2 Å². The zero-order valence-electron chi connectivity index (χ0n) is 13.0. The molecule has 1 fully saturated rings. The molecule has 1 aromatic heterocycles. The number of alkyl halides is 3. The lowest BCUT2D eigenvalue weighted by Crippen LogP contribution is -2.29. The van der Waals surface area contributed by atoms with Gasteiger partial charge in [0.1, 0.15) is 5.75 Å². The van der Waals surface area contributed by atoms with Gasteiger partial charge in [-0.05, 0) is 31.6 Å². The molecular weight excluding hydrogens is 351 g/mol. The molecule has 1 aliphatic carbocycles. The smallest absolute Gasteiger partial charge is 0.315 e. The Labute approximate surface area is 136 Å². The van der Waals surface area contributed by atoms with Crippen LogP contribution >= 0.6 is 0 Å². The molecule has 1 heterocycles. The van der Waals surface area contributed by atoms with Gasteiger partial charge >= 0.3 is 12.2 Å². The van der Waals surface area contributed by atoms with Crippen LogP contribution in [0.4, 0.5) is 19.2 Å². The van der Waals surface area contributed by atoms with Gasteiger partial charge in [-0.1, -0.05) is 5.16 Å². The van der Waals surface area contributed by atoms with Crippen molar-refractivity contribution in [1.82, 2.24) is 10.1 Å². The zero-order chi connectivity index (χ0) is 18.0. The molecular formula is C13H18F3N3O4S. The van der Waals surface area contributed by atoms with E-state index in [1.54, 1.807) is 0 Å². The van der Waals surface area contributed by atoms with Crippen molar-refractivity contribution >= 4 is 21.8 Å². The van der Waals surface area contributed by atoms with Crippen LogP contribution in [0, 0.1) is 11.8 Å². The van der Waals surface area contributed by atoms with Crippen molar-refractivity contribution in [2.45, 2.75) is 44.0 Å². The molecule has 0 atom stereocenters. The van der Waals surface area contributed by atoms with Crippen molar-refractivity contribution in [3.05, 3.63) is 5.82 Å². The van der Waals surface area contributed by atoms with E-state index in [1.807, 2.05) is 0 Å². The Morgan fingerprint density at radius 3 is 2.46 bits per heavy atom. The topological polar surface area (TPSA) is 102 Å². The van der Waals surface area contributed by atoms with Crippen LogP contribution in [0.2, 0.25) is 0 Å². The summed E-state index contributed by atoms with van der Waals surface area (Å²) in [5.74, 6) is -2.33. The molecule has 0 unspecified atom stereocenters. The lowest BCUT2D eigenvalue weighted by Gasteiger charge is -2.29. The molecule has 1 N–H and O–H groups in total. The predicted octanol–water partition coefficient (Wildman–Crippen LogP) is 2.31. The number of aromatic nitrogens is 2. The first-order valence-electron chi connectivity index (χ1n) is 7.40. The minimum atomic E-state index is -4.17. The number of hydrogen-bond acceptors (Lipinski definition) is 6. The number of anilines is 1. The minimum absolute atomic E-state index is 0.0283. The fourth-order valence-electron chi connectivity index (χ4n) is 2.72. The molecule has 0 aromatic carbocycles. The van der Waals surface area contributed by atoms with Crippen molar-refractivity contribution in [2.24, 2.45) is 11.8 Å². The molecule has 1 aromatic rings. The van der Waals surface area contributed by atoms with Crippen LogP contribution in [0.25, 0.3) is 0 Å². The summed E-state index contributed by atoms with van der Waals surface area (Å²) in [4.78, 5) is 15.6. The highest BCUT2D eigenvalue weighted by Crippen LogP contribution is 2.40. The second kappa shape index (κ2) is 7.08. The van der Waals surface area contributed by atoms with E-state index in [0.717, 1.165) is 6.26 Å². The molecule has 11 heteroatoms. The Balaban J connectivity index is 1.80. The largest absolute Gasteiger partial charge is 0.391 e. The van der Waals surface area contributed by atoms with Gasteiger partial charge in [0.05, 0.1) is 5.92 Å². The van der Waals surface area contributed by atoms with E-state index in [2.05, 4.69) is 15.5 Å². The predicted molar refractivity (Wildman–Crippen MR) is 77.6 cm³/mol. The number of carbonyl (C=O) groups excluding carboxylic acids is 1. The molecule has 2 rings (SSSR count). The van der Waals surface area contributed by atoms with Gasteiger partial charge in [-0.3, -0.25) is 10.1 Å². The molecule has 1 saturated carbocycles. The Morgan fingerprint density at radius 2 is 1.92 bits per heavy atom. The average Bonchev–Trinajstić information content (AvgIpc) is 2.82. The quantitative estimate of drug-likeness (QED) is 0.854. The maximum absolute atomic E-state index is 12.6. The van der Waals surface area contributed by atoms with Crippen molar-refractivity contribution in [2.75, 3.05) is 11.6 Å². The van der Waals surface area contributed by atoms with E-state index in [1.165, 1.54) is 0 Å². The van der Waals surface area contributed by atoms with Crippen LogP contribution in [-0.2, 0) is 20.4 Å². The van der Waals surface area contributed by atoms with E-state index in [-0.39, 0.29) is 37.0 Å². The van der Waals surface area contributed by atoms with E-state index in [0.29, 0.717) is 12.8 Å². The number of carbonyl (C=O) groups is 1. The number of rotatable bonds is 5. The summed E-state index contributed by atoms with van der Waals surface area (Å²) in [7, 11) is -3.32. The number of nitrogens with zero attached hydrogens (tertiary/aromatic N) is 2. The summed E-state index contributed by atoms with van der Waals surface area (Å²) >= 11 is 0. The summed E-state index contributed by atoms with van der Waals surface area (Å²) in [6.45, 7) is 0. The number of hydrogen-bond donors (Lipinski definition) is 1. The highest BCUT2D eigenvalue weighted by Gasteiger charge is 2.41.